The van der Waals surface area contributed by atoms with Crippen molar-refractivity contribution in [2.45, 2.75) is 13.1 Å². The summed E-state index contributed by atoms with van der Waals surface area (Å²) in [4.78, 5) is 19.7. The van der Waals surface area contributed by atoms with Crippen LogP contribution in [0.15, 0.2) is 36.5 Å². The number of carbonyl (C=O) groups is 1. The second kappa shape index (κ2) is 7.64. The highest BCUT2D eigenvalue weighted by Crippen LogP contribution is 2.33. The van der Waals surface area contributed by atoms with E-state index in [4.69, 9.17) is 11.6 Å². The van der Waals surface area contributed by atoms with Gasteiger partial charge in [-0.25, -0.2) is 9.78 Å². The molecule has 1 aromatic carbocycles. The van der Waals surface area contributed by atoms with Crippen LogP contribution >= 0.6 is 11.6 Å². The van der Waals surface area contributed by atoms with E-state index in [1.165, 1.54) is 0 Å². The number of aromatic nitrogens is 1. The van der Waals surface area contributed by atoms with Crippen LogP contribution in [0.25, 0.3) is 0 Å². The zero-order valence-electron chi connectivity index (χ0n) is 14.6. The molecule has 0 aliphatic carbocycles. The van der Waals surface area contributed by atoms with Crippen LogP contribution in [0.2, 0.25) is 5.02 Å². The van der Waals surface area contributed by atoms with E-state index in [0.29, 0.717) is 32.0 Å². The van der Waals surface area contributed by atoms with Gasteiger partial charge in [-0.3, -0.25) is 0 Å². The summed E-state index contributed by atoms with van der Waals surface area (Å²) >= 11 is 5.99. The van der Waals surface area contributed by atoms with Gasteiger partial charge in [0.1, 0.15) is 5.82 Å². The number of nitrogens with zero attached hydrogens (tertiary/aromatic N) is 3. The Kier molecular flexibility index (Phi) is 5.46. The van der Waals surface area contributed by atoms with Gasteiger partial charge in [0.05, 0.1) is 10.6 Å². The van der Waals surface area contributed by atoms with Crippen molar-refractivity contribution in [3.8, 4) is 0 Å². The van der Waals surface area contributed by atoms with E-state index in [9.17, 15) is 18.0 Å². The number of amides is 2. The first-order valence-electron chi connectivity index (χ1n) is 8.34. The summed E-state index contributed by atoms with van der Waals surface area (Å²) in [7, 11) is 0. The number of hydrogen-bond donors (Lipinski definition) is 1. The lowest BCUT2D eigenvalue weighted by atomic mass is 10.2. The van der Waals surface area contributed by atoms with Crippen LogP contribution in [0.3, 0.4) is 0 Å². The van der Waals surface area contributed by atoms with Gasteiger partial charge >= 0.3 is 12.2 Å². The van der Waals surface area contributed by atoms with Gasteiger partial charge in [0.2, 0.25) is 0 Å². The van der Waals surface area contributed by atoms with Crippen molar-refractivity contribution in [3.63, 3.8) is 0 Å². The first-order valence-corrected chi connectivity index (χ1v) is 8.72. The first kappa shape index (κ1) is 19.3. The third kappa shape index (κ3) is 4.63. The lowest BCUT2D eigenvalue weighted by molar-refractivity contribution is -0.137. The Labute approximate surface area is 159 Å². The first-order chi connectivity index (χ1) is 12.7. The lowest BCUT2D eigenvalue weighted by Gasteiger charge is -2.35. The number of rotatable bonds is 2. The molecule has 5 nitrogen and oxygen atoms in total. The lowest BCUT2D eigenvalue weighted by Crippen LogP contribution is -2.50. The van der Waals surface area contributed by atoms with Gasteiger partial charge in [0.25, 0.3) is 0 Å². The van der Waals surface area contributed by atoms with Crippen LogP contribution in [-0.2, 0) is 6.18 Å². The van der Waals surface area contributed by atoms with Gasteiger partial charge < -0.3 is 15.1 Å². The zero-order chi connectivity index (χ0) is 19.6. The van der Waals surface area contributed by atoms with Crippen LogP contribution in [0.1, 0.15) is 11.1 Å². The summed E-state index contributed by atoms with van der Waals surface area (Å²) in [5.41, 5.74) is 0.878. The minimum atomic E-state index is -4.48. The minimum absolute atomic E-state index is 0.0533. The molecule has 0 radical (unpaired) electrons. The molecule has 0 saturated carbocycles. The number of benzene rings is 1. The van der Waals surface area contributed by atoms with Crippen LogP contribution in [0.4, 0.5) is 29.5 Å². The number of piperazine rings is 1. The van der Waals surface area contributed by atoms with E-state index in [2.05, 4.69) is 10.3 Å². The fourth-order valence-corrected chi connectivity index (χ4v) is 3.15. The predicted octanol–water partition coefficient (Wildman–Crippen LogP) is 4.42. The van der Waals surface area contributed by atoms with Crippen LogP contribution in [-0.4, -0.2) is 42.1 Å². The Balaban J connectivity index is 1.61. The molecule has 0 spiro atoms. The monoisotopic (exact) mass is 398 g/mol. The highest BCUT2D eigenvalue weighted by molar-refractivity contribution is 6.33. The van der Waals surface area contributed by atoms with E-state index in [-0.39, 0.29) is 11.1 Å². The fraction of sp³-hybridized carbons (Fsp3) is 0.333. The van der Waals surface area contributed by atoms with Crippen LogP contribution in [0.5, 0.6) is 0 Å². The number of nitrogens with one attached hydrogen (secondary N) is 1. The van der Waals surface area contributed by atoms with E-state index >= 15 is 0 Å². The normalized spacial score (nSPS) is 15.0. The molecular weight excluding hydrogens is 381 g/mol. The summed E-state index contributed by atoms with van der Waals surface area (Å²) in [6.07, 6.45) is -3.71. The molecule has 2 amide bonds. The van der Waals surface area contributed by atoms with Gasteiger partial charge in [-0.05, 0) is 30.7 Å². The Hall–Kier alpha value is -2.48. The van der Waals surface area contributed by atoms with Crippen molar-refractivity contribution in [3.05, 3.63) is 52.7 Å². The molecule has 1 N–H and O–H groups in total. The highest BCUT2D eigenvalue weighted by Gasteiger charge is 2.32. The Morgan fingerprint density at radius 2 is 1.89 bits per heavy atom. The van der Waals surface area contributed by atoms with Crippen LogP contribution in [0, 0.1) is 6.92 Å². The molecule has 1 aliphatic heterocycles. The maximum absolute atomic E-state index is 12.7. The Morgan fingerprint density at radius 1 is 1.19 bits per heavy atom. The van der Waals surface area contributed by atoms with E-state index in [0.717, 1.165) is 23.5 Å². The largest absolute Gasteiger partial charge is 0.417 e. The highest BCUT2D eigenvalue weighted by atomic mass is 35.5. The van der Waals surface area contributed by atoms with Crippen molar-refractivity contribution in [1.82, 2.24) is 9.88 Å². The Morgan fingerprint density at radius 3 is 2.48 bits per heavy atom. The quantitative estimate of drug-likeness (QED) is 0.814. The van der Waals surface area contributed by atoms with E-state index in [1.807, 2.05) is 31.2 Å². The summed E-state index contributed by atoms with van der Waals surface area (Å²) in [6.45, 7) is 3.63. The number of halogens is 4. The average molecular weight is 399 g/mol. The molecule has 0 unspecified atom stereocenters. The molecule has 0 atom stereocenters. The molecule has 144 valence electrons. The number of pyridine rings is 1. The zero-order valence-corrected chi connectivity index (χ0v) is 15.3. The molecule has 3 rings (SSSR count). The standard InChI is InChI=1S/C18H18ClF3N4O/c1-12-3-2-4-14(9-12)24-17(27)26-7-5-25(6-8-26)16-15(19)10-13(11-23-16)18(20,21)22/h2-4,9-11H,5-8H2,1H3,(H,24,27). The van der Waals surface area contributed by atoms with Gasteiger partial charge in [-0.15, -0.1) is 0 Å². The number of urea groups is 1. The third-order valence-corrected chi connectivity index (χ3v) is 4.56. The number of hydrogen-bond acceptors (Lipinski definition) is 3. The number of carbonyl (C=O) groups excluding carboxylic acids is 1. The molecule has 9 heteroatoms. The molecule has 0 bridgehead atoms. The topological polar surface area (TPSA) is 48.5 Å². The second-order valence-corrected chi connectivity index (χ2v) is 6.71. The van der Waals surface area contributed by atoms with Gasteiger partial charge in [-0.1, -0.05) is 23.7 Å². The van der Waals surface area contributed by atoms with Crippen molar-refractivity contribution >= 4 is 29.1 Å². The second-order valence-electron chi connectivity index (χ2n) is 6.30. The SMILES string of the molecule is Cc1cccc(NC(=O)N2CCN(c3ncc(C(F)(F)F)cc3Cl)CC2)c1. The number of anilines is 2. The van der Waals surface area contributed by atoms with Gasteiger partial charge in [0.15, 0.2) is 0 Å². The fourth-order valence-electron chi connectivity index (χ4n) is 2.87. The molecule has 1 saturated heterocycles. The summed E-state index contributed by atoms with van der Waals surface area (Å²) in [5, 5.41) is 2.79. The van der Waals surface area contributed by atoms with E-state index in [1.54, 1.807) is 9.80 Å². The third-order valence-electron chi connectivity index (χ3n) is 4.28. The summed E-state index contributed by atoms with van der Waals surface area (Å²) < 4.78 is 38.2. The molecule has 2 heterocycles. The van der Waals surface area contributed by atoms with Gasteiger partial charge in [0, 0.05) is 38.1 Å². The molecule has 1 aliphatic rings. The molecule has 2 aromatic rings. The number of aryl methyl sites for hydroxylation is 1. The van der Waals surface area contributed by atoms with Crippen molar-refractivity contribution < 1.29 is 18.0 Å². The maximum atomic E-state index is 12.7. The minimum Gasteiger partial charge on any atom is -0.352 e. The molecule has 1 fully saturated rings. The van der Waals surface area contributed by atoms with Crippen molar-refractivity contribution in [2.75, 3.05) is 36.4 Å². The van der Waals surface area contributed by atoms with Gasteiger partial charge in [-0.2, -0.15) is 13.2 Å². The molecular formula is C18H18ClF3N4O. The average Bonchev–Trinajstić information content (AvgIpc) is 2.61. The maximum Gasteiger partial charge on any atom is 0.417 e. The summed E-state index contributed by atoms with van der Waals surface area (Å²) in [5.74, 6) is 0.295. The molecule has 27 heavy (non-hydrogen) atoms. The smallest absolute Gasteiger partial charge is 0.352 e. The van der Waals surface area contributed by atoms with E-state index < -0.39 is 11.7 Å². The Bertz CT molecular complexity index is 836. The molecule has 1 aromatic heterocycles. The number of alkyl halides is 3. The predicted molar refractivity (Wildman–Crippen MR) is 98.2 cm³/mol. The van der Waals surface area contributed by atoms with Crippen LogP contribution < -0.4 is 10.2 Å². The van der Waals surface area contributed by atoms with Crippen molar-refractivity contribution in [1.29, 1.82) is 0 Å². The van der Waals surface area contributed by atoms with Crippen molar-refractivity contribution in [2.24, 2.45) is 0 Å². The summed E-state index contributed by atoms with van der Waals surface area (Å²) in [6, 6.07) is 8.15.